The van der Waals surface area contributed by atoms with Crippen LogP contribution in [0.2, 0.25) is 0 Å². The molecular formula is C27H38N2O. The van der Waals surface area contributed by atoms with E-state index in [2.05, 4.69) is 73.0 Å². The third kappa shape index (κ3) is 4.96. The summed E-state index contributed by atoms with van der Waals surface area (Å²) in [6.07, 6.45) is 5.74. The lowest BCUT2D eigenvalue weighted by atomic mass is 9.88. The van der Waals surface area contributed by atoms with Gasteiger partial charge in [-0.25, -0.2) is 0 Å². The highest BCUT2D eigenvalue weighted by molar-refractivity contribution is 5.38. The predicted octanol–water partition coefficient (Wildman–Crippen LogP) is 5.02. The zero-order valence-electron chi connectivity index (χ0n) is 19.0. The van der Waals surface area contributed by atoms with E-state index in [1.165, 1.54) is 67.4 Å². The molecule has 3 nitrogen and oxygen atoms in total. The summed E-state index contributed by atoms with van der Waals surface area (Å²) in [5.74, 6) is 0.832. The third-order valence-electron chi connectivity index (χ3n) is 7.37. The molecule has 0 bridgehead atoms. The molecule has 0 aromatic heterocycles. The second-order valence-corrected chi connectivity index (χ2v) is 9.62. The van der Waals surface area contributed by atoms with Crippen LogP contribution < -0.4 is 0 Å². The quantitative estimate of drug-likeness (QED) is 0.755. The summed E-state index contributed by atoms with van der Waals surface area (Å²) in [5.41, 5.74) is 6.29. The predicted molar refractivity (Wildman–Crippen MR) is 125 cm³/mol. The molecule has 3 heteroatoms. The first-order chi connectivity index (χ1) is 14.5. The zero-order valence-corrected chi connectivity index (χ0v) is 19.0. The molecule has 162 valence electrons. The van der Waals surface area contributed by atoms with E-state index in [1.807, 2.05) is 0 Å². The van der Waals surface area contributed by atoms with E-state index in [9.17, 15) is 5.11 Å². The van der Waals surface area contributed by atoms with Crippen molar-refractivity contribution in [3.63, 3.8) is 0 Å². The Morgan fingerprint density at radius 3 is 2.07 bits per heavy atom. The fourth-order valence-corrected chi connectivity index (χ4v) is 5.75. The van der Waals surface area contributed by atoms with E-state index in [1.54, 1.807) is 0 Å². The van der Waals surface area contributed by atoms with Gasteiger partial charge in [0, 0.05) is 24.7 Å². The molecule has 4 rings (SSSR count). The summed E-state index contributed by atoms with van der Waals surface area (Å²) >= 11 is 0. The number of nitrogens with zero attached hydrogens (tertiary/aromatic N) is 2. The molecule has 1 N–H and O–H groups in total. The second-order valence-electron chi connectivity index (χ2n) is 9.62. The Balaban J connectivity index is 1.27. The minimum Gasteiger partial charge on any atom is -0.374 e. The summed E-state index contributed by atoms with van der Waals surface area (Å²) < 4.78 is 0. The Morgan fingerprint density at radius 1 is 0.867 bits per heavy atom. The van der Waals surface area contributed by atoms with Gasteiger partial charge < -0.3 is 10.0 Å². The molecule has 2 aliphatic heterocycles. The SMILES string of the molecule is Cc1cc(C)c(C(O)N2CCC(N3CCC(Cc4ccccc4)CC3)CC2)c(C)c1. The monoisotopic (exact) mass is 406 g/mol. The molecule has 0 radical (unpaired) electrons. The highest BCUT2D eigenvalue weighted by Gasteiger charge is 2.31. The molecule has 1 unspecified atom stereocenters. The first kappa shape index (κ1) is 21.5. The molecule has 2 saturated heterocycles. The van der Waals surface area contributed by atoms with Gasteiger partial charge in [-0.2, -0.15) is 0 Å². The van der Waals surface area contributed by atoms with Gasteiger partial charge in [-0.1, -0.05) is 48.0 Å². The van der Waals surface area contributed by atoms with Gasteiger partial charge in [0.05, 0.1) is 0 Å². The van der Waals surface area contributed by atoms with Gasteiger partial charge in [0.1, 0.15) is 6.23 Å². The van der Waals surface area contributed by atoms with Crippen LogP contribution in [-0.4, -0.2) is 47.1 Å². The second kappa shape index (κ2) is 9.64. The number of hydrogen-bond acceptors (Lipinski definition) is 3. The number of hydrogen-bond donors (Lipinski definition) is 1. The number of piperidine rings is 2. The molecular weight excluding hydrogens is 368 g/mol. The molecule has 2 heterocycles. The summed E-state index contributed by atoms with van der Waals surface area (Å²) in [7, 11) is 0. The number of aliphatic hydroxyl groups is 1. The van der Waals surface area contributed by atoms with Crippen molar-refractivity contribution in [2.24, 2.45) is 5.92 Å². The highest BCUT2D eigenvalue weighted by atomic mass is 16.3. The van der Waals surface area contributed by atoms with Gasteiger partial charge in [-0.15, -0.1) is 0 Å². The Hall–Kier alpha value is -1.68. The lowest BCUT2D eigenvalue weighted by Crippen LogP contribution is -2.48. The van der Waals surface area contributed by atoms with Crippen molar-refractivity contribution >= 4 is 0 Å². The van der Waals surface area contributed by atoms with E-state index in [0.29, 0.717) is 6.04 Å². The summed E-state index contributed by atoms with van der Waals surface area (Å²) in [6.45, 7) is 10.8. The maximum Gasteiger partial charge on any atom is 0.134 e. The number of benzene rings is 2. The molecule has 30 heavy (non-hydrogen) atoms. The van der Waals surface area contributed by atoms with Crippen molar-refractivity contribution in [2.75, 3.05) is 26.2 Å². The van der Waals surface area contributed by atoms with Gasteiger partial charge in [-0.05, 0) is 88.6 Å². The molecule has 0 amide bonds. The van der Waals surface area contributed by atoms with Crippen LogP contribution in [-0.2, 0) is 6.42 Å². The average Bonchev–Trinajstić information content (AvgIpc) is 2.74. The van der Waals surface area contributed by atoms with Crippen molar-refractivity contribution < 1.29 is 5.11 Å². The molecule has 0 saturated carbocycles. The number of likely N-dealkylation sites (tertiary alicyclic amines) is 2. The van der Waals surface area contributed by atoms with E-state index in [4.69, 9.17) is 0 Å². The summed E-state index contributed by atoms with van der Waals surface area (Å²) in [5, 5.41) is 11.1. The van der Waals surface area contributed by atoms with Gasteiger partial charge in [0.2, 0.25) is 0 Å². The van der Waals surface area contributed by atoms with Crippen LogP contribution in [0.15, 0.2) is 42.5 Å². The lowest BCUT2D eigenvalue weighted by molar-refractivity contribution is -0.0304. The van der Waals surface area contributed by atoms with Gasteiger partial charge in [-0.3, -0.25) is 4.90 Å². The molecule has 2 aromatic carbocycles. The maximum absolute atomic E-state index is 11.1. The lowest BCUT2D eigenvalue weighted by Gasteiger charge is -2.43. The van der Waals surface area contributed by atoms with E-state index >= 15 is 0 Å². The van der Waals surface area contributed by atoms with Crippen LogP contribution >= 0.6 is 0 Å². The number of rotatable bonds is 5. The van der Waals surface area contributed by atoms with Gasteiger partial charge >= 0.3 is 0 Å². The molecule has 1 atom stereocenters. The standard InChI is InChI=1S/C27H38N2O/c1-20-17-21(2)26(22(3)18-20)27(30)29-15-11-25(12-16-29)28-13-9-24(10-14-28)19-23-7-5-4-6-8-23/h4-8,17-18,24-25,27,30H,9-16,19H2,1-3H3. The molecule has 2 aromatic rings. The van der Waals surface area contributed by atoms with Crippen molar-refractivity contribution in [2.45, 2.75) is 65.1 Å². The van der Waals surface area contributed by atoms with Crippen LogP contribution in [0.3, 0.4) is 0 Å². The number of aryl methyl sites for hydroxylation is 3. The van der Waals surface area contributed by atoms with Gasteiger partial charge in [0.15, 0.2) is 0 Å². The number of aliphatic hydroxyl groups excluding tert-OH is 1. The first-order valence-electron chi connectivity index (χ1n) is 11.8. The third-order valence-corrected chi connectivity index (χ3v) is 7.37. The Kier molecular flexibility index (Phi) is 6.92. The topological polar surface area (TPSA) is 26.7 Å². The van der Waals surface area contributed by atoms with E-state index in [-0.39, 0.29) is 0 Å². The molecule has 2 fully saturated rings. The Bertz CT molecular complexity index is 795. The first-order valence-corrected chi connectivity index (χ1v) is 11.8. The van der Waals surface area contributed by atoms with Crippen molar-refractivity contribution in [1.29, 1.82) is 0 Å². The molecule has 2 aliphatic rings. The molecule has 0 aliphatic carbocycles. The van der Waals surface area contributed by atoms with Crippen LogP contribution in [0.4, 0.5) is 0 Å². The van der Waals surface area contributed by atoms with Gasteiger partial charge in [0.25, 0.3) is 0 Å². The minimum absolute atomic E-state index is 0.469. The minimum atomic E-state index is -0.469. The average molecular weight is 407 g/mol. The fraction of sp³-hybridized carbons (Fsp3) is 0.556. The maximum atomic E-state index is 11.1. The van der Waals surface area contributed by atoms with E-state index in [0.717, 1.165) is 24.6 Å². The normalized spacial score (nSPS) is 21.1. The van der Waals surface area contributed by atoms with Crippen molar-refractivity contribution in [3.05, 3.63) is 70.3 Å². The fourth-order valence-electron chi connectivity index (χ4n) is 5.75. The van der Waals surface area contributed by atoms with Crippen LogP contribution in [0, 0.1) is 26.7 Å². The van der Waals surface area contributed by atoms with Crippen LogP contribution in [0.25, 0.3) is 0 Å². The highest BCUT2D eigenvalue weighted by Crippen LogP contribution is 2.31. The van der Waals surface area contributed by atoms with Crippen LogP contribution in [0.1, 0.15) is 59.7 Å². The zero-order chi connectivity index (χ0) is 21.1. The van der Waals surface area contributed by atoms with Crippen molar-refractivity contribution in [1.82, 2.24) is 9.80 Å². The smallest absolute Gasteiger partial charge is 0.134 e. The Labute approximate surface area is 182 Å². The summed E-state index contributed by atoms with van der Waals surface area (Å²) in [6, 6.07) is 16.0. The van der Waals surface area contributed by atoms with Crippen LogP contribution in [0.5, 0.6) is 0 Å². The molecule has 0 spiro atoms. The van der Waals surface area contributed by atoms with Crippen molar-refractivity contribution in [3.8, 4) is 0 Å². The summed E-state index contributed by atoms with van der Waals surface area (Å²) in [4.78, 5) is 5.01. The Morgan fingerprint density at radius 2 is 1.47 bits per heavy atom. The largest absolute Gasteiger partial charge is 0.374 e. The van der Waals surface area contributed by atoms with E-state index < -0.39 is 6.23 Å².